The van der Waals surface area contributed by atoms with E-state index in [1.807, 2.05) is 0 Å². The Labute approximate surface area is 101 Å². The average molecular weight is 270 g/mol. The lowest BCUT2D eigenvalue weighted by Gasteiger charge is -2.16. The average Bonchev–Trinajstić information content (AvgIpc) is 2.28. The molecule has 0 heterocycles. The molecule has 0 unspecified atom stereocenters. The normalized spacial score (nSPS) is 11.2. The van der Waals surface area contributed by atoms with Crippen molar-refractivity contribution < 1.29 is 32.6 Å². The van der Waals surface area contributed by atoms with Crippen LogP contribution in [0.4, 0.5) is 4.79 Å². The third kappa shape index (κ3) is 8.15. The van der Waals surface area contributed by atoms with Gasteiger partial charge in [0.05, 0.1) is 19.8 Å². The third-order valence-corrected chi connectivity index (χ3v) is 3.25. The van der Waals surface area contributed by atoms with Gasteiger partial charge in [0.15, 0.2) is 6.35 Å². The molecule has 0 radical (unpaired) electrons. The summed E-state index contributed by atoms with van der Waals surface area (Å²) >= 11 is 0. The Bertz CT molecular complexity index is 246. The first-order valence-electron chi connectivity index (χ1n) is 5.24. The minimum Gasteiger partial charge on any atom is -0.432 e. The summed E-state index contributed by atoms with van der Waals surface area (Å²) in [5, 5.41) is 0. The molecule has 0 aromatic carbocycles. The van der Waals surface area contributed by atoms with E-state index in [2.05, 4.69) is 14.2 Å². The van der Waals surface area contributed by atoms with Crippen molar-refractivity contribution in [3.63, 3.8) is 0 Å². The van der Waals surface area contributed by atoms with E-state index in [1.165, 1.54) is 7.11 Å². The molecule has 0 aliphatic carbocycles. The van der Waals surface area contributed by atoms with Gasteiger partial charge in [-0.25, -0.2) is 4.79 Å². The molecule has 0 aromatic heterocycles. The van der Waals surface area contributed by atoms with Gasteiger partial charge in [0, 0.05) is 7.11 Å². The number of ether oxygens (including phenoxy) is 3. The van der Waals surface area contributed by atoms with Crippen molar-refractivity contribution in [2.45, 2.75) is 13.8 Å². The fourth-order valence-electron chi connectivity index (χ4n) is 0.887. The molecule has 0 aliphatic heterocycles. The molecule has 8 heteroatoms. The maximum absolute atomic E-state index is 11.8. The summed E-state index contributed by atoms with van der Waals surface area (Å²) in [5.74, 6) is 0. The van der Waals surface area contributed by atoms with Crippen molar-refractivity contribution >= 4 is 13.8 Å². The smallest absolute Gasteiger partial charge is 0.432 e. The SMILES string of the molecule is CCOP(=O)(COC(=O)OCCOC)OCC. The summed E-state index contributed by atoms with van der Waals surface area (Å²) in [6.45, 7) is 4.09. The van der Waals surface area contributed by atoms with Crippen molar-refractivity contribution in [3.05, 3.63) is 0 Å². The Morgan fingerprint density at radius 2 is 1.65 bits per heavy atom. The van der Waals surface area contributed by atoms with Crippen LogP contribution in [0, 0.1) is 0 Å². The molecular formula is C9H19O7P. The number of carbonyl (C=O) groups excluding carboxylic acids is 1. The van der Waals surface area contributed by atoms with Gasteiger partial charge in [-0.15, -0.1) is 0 Å². The van der Waals surface area contributed by atoms with E-state index in [4.69, 9.17) is 9.05 Å². The fraction of sp³-hybridized carbons (Fsp3) is 0.889. The lowest BCUT2D eigenvalue weighted by Crippen LogP contribution is -2.13. The predicted molar refractivity (Wildman–Crippen MR) is 60.0 cm³/mol. The van der Waals surface area contributed by atoms with Crippen LogP contribution in [0.5, 0.6) is 0 Å². The second kappa shape index (κ2) is 9.41. The van der Waals surface area contributed by atoms with Crippen LogP contribution >= 0.6 is 7.60 Å². The van der Waals surface area contributed by atoms with Crippen molar-refractivity contribution in [2.24, 2.45) is 0 Å². The Morgan fingerprint density at radius 3 is 2.12 bits per heavy atom. The minimum atomic E-state index is -3.37. The molecule has 0 saturated carbocycles. The molecule has 0 fully saturated rings. The summed E-state index contributed by atoms with van der Waals surface area (Å²) in [5.41, 5.74) is 0. The van der Waals surface area contributed by atoms with Gasteiger partial charge < -0.3 is 23.3 Å². The highest BCUT2D eigenvalue weighted by Gasteiger charge is 2.26. The van der Waals surface area contributed by atoms with Gasteiger partial charge in [0.1, 0.15) is 6.61 Å². The molecule has 0 saturated heterocycles. The van der Waals surface area contributed by atoms with Crippen LogP contribution < -0.4 is 0 Å². The Morgan fingerprint density at radius 1 is 1.06 bits per heavy atom. The second-order valence-electron chi connectivity index (χ2n) is 2.81. The van der Waals surface area contributed by atoms with Crippen LogP contribution in [0.3, 0.4) is 0 Å². The van der Waals surface area contributed by atoms with Gasteiger partial charge in [-0.1, -0.05) is 0 Å². The molecule has 0 bridgehead atoms. The second-order valence-corrected chi connectivity index (χ2v) is 4.81. The fourth-order valence-corrected chi connectivity index (χ4v) is 2.16. The molecule has 0 aromatic rings. The van der Waals surface area contributed by atoms with Gasteiger partial charge in [-0.05, 0) is 13.8 Å². The Balaban J connectivity index is 3.95. The van der Waals surface area contributed by atoms with Crippen molar-refractivity contribution in [2.75, 3.05) is 39.9 Å². The number of hydrogen-bond donors (Lipinski definition) is 0. The lowest BCUT2D eigenvalue weighted by molar-refractivity contribution is 0.0408. The number of rotatable bonds is 9. The van der Waals surface area contributed by atoms with Crippen LogP contribution in [0.2, 0.25) is 0 Å². The molecule has 7 nitrogen and oxygen atoms in total. The van der Waals surface area contributed by atoms with Crippen molar-refractivity contribution in [1.29, 1.82) is 0 Å². The van der Waals surface area contributed by atoms with Crippen LogP contribution in [0.25, 0.3) is 0 Å². The summed E-state index contributed by atoms with van der Waals surface area (Å²) in [7, 11) is -1.89. The number of carbonyl (C=O) groups is 1. The summed E-state index contributed by atoms with van der Waals surface area (Å²) in [6.07, 6.45) is -1.39. The topological polar surface area (TPSA) is 80.3 Å². The molecule has 0 spiro atoms. The largest absolute Gasteiger partial charge is 0.508 e. The maximum Gasteiger partial charge on any atom is 0.508 e. The minimum absolute atomic E-state index is 0.0723. The van der Waals surface area contributed by atoms with Crippen molar-refractivity contribution in [1.82, 2.24) is 0 Å². The zero-order valence-corrected chi connectivity index (χ0v) is 11.2. The molecule has 0 rings (SSSR count). The van der Waals surface area contributed by atoms with Gasteiger partial charge in [-0.3, -0.25) is 4.57 Å². The zero-order valence-electron chi connectivity index (χ0n) is 10.3. The van der Waals surface area contributed by atoms with E-state index in [-0.39, 0.29) is 26.4 Å². The van der Waals surface area contributed by atoms with Crippen LogP contribution in [0.15, 0.2) is 0 Å². The molecule has 0 atom stereocenters. The highest BCUT2D eigenvalue weighted by Crippen LogP contribution is 2.47. The third-order valence-electron chi connectivity index (χ3n) is 1.50. The van der Waals surface area contributed by atoms with E-state index >= 15 is 0 Å². The van der Waals surface area contributed by atoms with Gasteiger partial charge in [0.25, 0.3) is 0 Å². The van der Waals surface area contributed by atoms with E-state index in [0.29, 0.717) is 0 Å². The lowest BCUT2D eigenvalue weighted by atomic mass is 10.8. The van der Waals surface area contributed by atoms with Crippen LogP contribution in [-0.4, -0.2) is 46.0 Å². The first-order valence-corrected chi connectivity index (χ1v) is 6.97. The molecule has 0 aliphatic rings. The maximum atomic E-state index is 11.8. The molecule has 17 heavy (non-hydrogen) atoms. The number of methoxy groups -OCH3 is 1. The van der Waals surface area contributed by atoms with E-state index in [0.717, 1.165) is 0 Å². The monoisotopic (exact) mass is 270 g/mol. The Hall–Kier alpha value is -0.620. The van der Waals surface area contributed by atoms with E-state index in [9.17, 15) is 9.36 Å². The number of hydrogen-bond acceptors (Lipinski definition) is 7. The summed E-state index contributed by atoms with van der Waals surface area (Å²) < 4.78 is 35.6. The van der Waals surface area contributed by atoms with Gasteiger partial charge in [0.2, 0.25) is 0 Å². The highest BCUT2D eigenvalue weighted by atomic mass is 31.2. The predicted octanol–water partition coefficient (Wildman–Crippen LogP) is 2.01. The highest BCUT2D eigenvalue weighted by molar-refractivity contribution is 7.53. The molecule has 102 valence electrons. The summed E-state index contributed by atoms with van der Waals surface area (Å²) in [4.78, 5) is 11.0. The first-order chi connectivity index (χ1) is 8.08. The first kappa shape index (κ1) is 16.4. The summed E-state index contributed by atoms with van der Waals surface area (Å²) in [6, 6.07) is 0. The zero-order chi connectivity index (χ0) is 13.1. The standard InChI is InChI=1S/C9H19O7P/c1-4-15-17(11,16-5-2)8-14-9(10)13-7-6-12-3/h4-8H2,1-3H3. The van der Waals surface area contributed by atoms with Gasteiger partial charge >= 0.3 is 13.8 Å². The van der Waals surface area contributed by atoms with E-state index in [1.54, 1.807) is 13.8 Å². The van der Waals surface area contributed by atoms with Crippen molar-refractivity contribution in [3.8, 4) is 0 Å². The van der Waals surface area contributed by atoms with Gasteiger partial charge in [-0.2, -0.15) is 0 Å². The quantitative estimate of drug-likeness (QED) is 0.360. The molecule has 0 N–H and O–H groups in total. The van der Waals surface area contributed by atoms with E-state index < -0.39 is 20.1 Å². The molecule has 0 amide bonds. The van der Waals surface area contributed by atoms with Crippen LogP contribution in [-0.2, 0) is 27.8 Å². The molecular weight excluding hydrogens is 251 g/mol. The Kier molecular flexibility index (Phi) is 9.07. The van der Waals surface area contributed by atoms with Crippen LogP contribution in [0.1, 0.15) is 13.8 Å².